The minimum absolute atomic E-state index is 0.359. The maximum absolute atomic E-state index is 11.9. The van der Waals surface area contributed by atoms with Gasteiger partial charge in [0.1, 0.15) is 12.2 Å². The summed E-state index contributed by atoms with van der Waals surface area (Å²) in [7, 11) is 0. The van der Waals surface area contributed by atoms with Crippen molar-refractivity contribution in [1.29, 1.82) is 0 Å². The normalized spacial score (nSPS) is 10.5. The van der Waals surface area contributed by atoms with Gasteiger partial charge in [-0.25, -0.2) is 5.43 Å². The van der Waals surface area contributed by atoms with Gasteiger partial charge in [-0.2, -0.15) is 5.10 Å². The van der Waals surface area contributed by atoms with Crippen LogP contribution in [0.3, 0.4) is 0 Å². The van der Waals surface area contributed by atoms with Crippen molar-refractivity contribution in [2.24, 2.45) is 5.10 Å². The lowest BCUT2D eigenvalue weighted by atomic mass is 10.2. The van der Waals surface area contributed by atoms with Crippen LogP contribution in [0.4, 0.5) is 5.69 Å². The van der Waals surface area contributed by atoms with E-state index in [1.165, 1.54) is 6.21 Å². The highest BCUT2D eigenvalue weighted by Gasteiger charge is 2.10. The van der Waals surface area contributed by atoms with Crippen LogP contribution in [0.15, 0.2) is 53.6 Å². The van der Waals surface area contributed by atoms with Crippen molar-refractivity contribution in [3.8, 4) is 5.75 Å². The van der Waals surface area contributed by atoms with Crippen molar-refractivity contribution >= 4 is 35.3 Å². The third kappa shape index (κ3) is 6.57. The predicted octanol–water partition coefficient (Wildman–Crippen LogP) is 3.61. The van der Waals surface area contributed by atoms with Crippen LogP contribution in [0, 0.1) is 0 Å². The molecular formula is C19H20ClN3O3. The summed E-state index contributed by atoms with van der Waals surface area (Å²) in [5, 5.41) is 6.84. The Labute approximate surface area is 157 Å². The first kappa shape index (κ1) is 19.5. The molecule has 136 valence electrons. The molecule has 0 radical (unpaired) electrons. The first-order valence-electron chi connectivity index (χ1n) is 8.17. The molecule has 26 heavy (non-hydrogen) atoms. The van der Waals surface area contributed by atoms with E-state index in [2.05, 4.69) is 15.8 Å². The lowest BCUT2D eigenvalue weighted by Crippen LogP contribution is -2.24. The summed E-state index contributed by atoms with van der Waals surface area (Å²) in [5.74, 6) is -0.258. The van der Waals surface area contributed by atoms with Crippen LogP contribution in [0.25, 0.3) is 0 Å². The molecule has 2 aromatic rings. The molecule has 0 aliphatic carbocycles. The number of halogens is 1. The Morgan fingerprint density at radius 3 is 2.73 bits per heavy atom. The van der Waals surface area contributed by atoms with Crippen LogP contribution in [-0.2, 0) is 9.59 Å². The molecule has 2 aromatic carbocycles. The standard InChI is InChI=1S/C19H20ClN3O3/c1-2-10-26-15-7-5-6-14(11-15)13-21-23-19(25)12-18(24)22-17-9-4-3-8-16(17)20/h3-9,11,13H,2,10,12H2,1H3,(H,22,24)(H,23,25). The van der Waals surface area contributed by atoms with Gasteiger partial charge >= 0.3 is 0 Å². The minimum atomic E-state index is -0.524. The number of carbonyl (C=O) groups excluding carboxylic acids is 2. The molecule has 2 rings (SSSR count). The SMILES string of the molecule is CCCOc1cccc(C=NNC(=O)CC(=O)Nc2ccccc2Cl)c1. The first-order chi connectivity index (χ1) is 12.6. The Kier molecular flexibility index (Phi) is 7.64. The average molecular weight is 374 g/mol. The summed E-state index contributed by atoms with van der Waals surface area (Å²) in [4.78, 5) is 23.6. The molecule has 0 atom stereocenters. The Morgan fingerprint density at radius 2 is 1.96 bits per heavy atom. The number of para-hydroxylation sites is 1. The number of carbonyl (C=O) groups is 2. The van der Waals surface area contributed by atoms with E-state index in [1.54, 1.807) is 24.3 Å². The second kappa shape index (κ2) is 10.2. The van der Waals surface area contributed by atoms with Crippen molar-refractivity contribution in [2.45, 2.75) is 19.8 Å². The van der Waals surface area contributed by atoms with Crippen molar-refractivity contribution in [3.63, 3.8) is 0 Å². The number of ether oxygens (including phenoxy) is 1. The molecule has 0 unspecified atom stereocenters. The third-order valence-corrected chi connectivity index (χ3v) is 3.53. The number of benzene rings is 2. The van der Waals surface area contributed by atoms with E-state index in [4.69, 9.17) is 16.3 Å². The molecule has 7 heteroatoms. The summed E-state index contributed by atoms with van der Waals surface area (Å²) in [6.07, 6.45) is 2.05. The summed E-state index contributed by atoms with van der Waals surface area (Å²) >= 11 is 5.95. The number of nitrogens with zero attached hydrogens (tertiary/aromatic N) is 1. The van der Waals surface area contributed by atoms with Crippen molar-refractivity contribution < 1.29 is 14.3 Å². The Bertz CT molecular complexity index is 793. The first-order valence-corrected chi connectivity index (χ1v) is 8.55. The Hall–Kier alpha value is -2.86. The molecule has 0 heterocycles. The number of hydrazone groups is 1. The zero-order valence-electron chi connectivity index (χ0n) is 14.4. The fraction of sp³-hybridized carbons (Fsp3) is 0.211. The lowest BCUT2D eigenvalue weighted by molar-refractivity contribution is -0.126. The molecule has 0 saturated carbocycles. The summed E-state index contributed by atoms with van der Waals surface area (Å²) in [5.41, 5.74) is 3.56. The highest BCUT2D eigenvalue weighted by atomic mass is 35.5. The smallest absolute Gasteiger partial charge is 0.249 e. The van der Waals surface area contributed by atoms with Gasteiger partial charge in [-0.15, -0.1) is 0 Å². The summed E-state index contributed by atoms with van der Waals surface area (Å²) < 4.78 is 5.53. The highest BCUT2D eigenvalue weighted by Crippen LogP contribution is 2.20. The Morgan fingerprint density at radius 1 is 1.15 bits per heavy atom. The van der Waals surface area contributed by atoms with E-state index in [9.17, 15) is 9.59 Å². The lowest BCUT2D eigenvalue weighted by Gasteiger charge is -2.06. The van der Waals surface area contributed by atoms with Crippen LogP contribution >= 0.6 is 11.6 Å². The van der Waals surface area contributed by atoms with Crippen LogP contribution in [0.1, 0.15) is 25.3 Å². The predicted molar refractivity (Wildman–Crippen MR) is 103 cm³/mol. The minimum Gasteiger partial charge on any atom is -0.494 e. The molecule has 2 N–H and O–H groups in total. The van der Waals surface area contributed by atoms with E-state index < -0.39 is 11.8 Å². The highest BCUT2D eigenvalue weighted by molar-refractivity contribution is 6.33. The van der Waals surface area contributed by atoms with Crippen LogP contribution < -0.4 is 15.5 Å². The van der Waals surface area contributed by atoms with Gasteiger partial charge in [-0.3, -0.25) is 9.59 Å². The molecule has 0 saturated heterocycles. The average Bonchev–Trinajstić information content (AvgIpc) is 2.62. The van der Waals surface area contributed by atoms with Crippen LogP contribution in [0.2, 0.25) is 5.02 Å². The van der Waals surface area contributed by atoms with Gasteiger partial charge in [0.05, 0.1) is 23.5 Å². The second-order valence-electron chi connectivity index (χ2n) is 5.42. The van der Waals surface area contributed by atoms with Crippen molar-refractivity contribution in [3.05, 3.63) is 59.1 Å². The van der Waals surface area contributed by atoms with Gasteiger partial charge in [0.25, 0.3) is 0 Å². The number of amides is 2. The number of anilines is 1. The maximum Gasteiger partial charge on any atom is 0.249 e. The van der Waals surface area contributed by atoms with Gasteiger partial charge in [0, 0.05) is 0 Å². The summed E-state index contributed by atoms with van der Waals surface area (Å²) in [6, 6.07) is 14.1. The number of hydrogen-bond donors (Lipinski definition) is 2. The van der Waals surface area contributed by atoms with Gasteiger partial charge < -0.3 is 10.1 Å². The van der Waals surface area contributed by atoms with Gasteiger partial charge in [-0.1, -0.05) is 42.8 Å². The molecule has 2 amide bonds. The largest absolute Gasteiger partial charge is 0.494 e. The van der Waals surface area contributed by atoms with E-state index in [1.807, 2.05) is 31.2 Å². The zero-order valence-corrected chi connectivity index (χ0v) is 15.1. The molecule has 6 nitrogen and oxygen atoms in total. The van der Waals surface area contributed by atoms with E-state index in [-0.39, 0.29) is 6.42 Å². The van der Waals surface area contributed by atoms with Gasteiger partial charge in [0.2, 0.25) is 11.8 Å². The summed E-state index contributed by atoms with van der Waals surface area (Å²) in [6.45, 7) is 2.67. The Balaban J connectivity index is 1.81. The number of rotatable bonds is 8. The molecule has 0 aliphatic heterocycles. The van der Waals surface area contributed by atoms with Crippen molar-refractivity contribution in [1.82, 2.24) is 5.43 Å². The molecule has 0 fully saturated rings. The number of nitrogens with one attached hydrogen (secondary N) is 2. The monoisotopic (exact) mass is 373 g/mol. The molecule has 0 spiro atoms. The molecule has 0 aliphatic rings. The van der Waals surface area contributed by atoms with Gasteiger partial charge in [-0.05, 0) is 36.2 Å². The van der Waals surface area contributed by atoms with Gasteiger partial charge in [0.15, 0.2) is 0 Å². The van der Waals surface area contributed by atoms with E-state index >= 15 is 0 Å². The fourth-order valence-corrected chi connectivity index (χ4v) is 2.21. The van der Waals surface area contributed by atoms with Crippen LogP contribution in [0.5, 0.6) is 5.75 Å². The topological polar surface area (TPSA) is 79.8 Å². The third-order valence-electron chi connectivity index (χ3n) is 3.20. The molecule has 0 aromatic heterocycles. The van der Waals surface area contributed by atoms with Crippen LogP contribution in [-0.4, -0.2) is 24.6 Å². The van der Waals surface area contributed by atoms with E-state index in [0.29, 0.717) is 17.3 Å². The quantitative estimate of drug-likeness (QED) is 0.421. The fourth-order valence-electron chi connectivity index (χ4n) is 2.03. The number of hydrogen-bond acceptors (Lipinski definition) is 4. The molecular weight excluding hydrogens is 354 g/mol. The molecule has 0 bridgehead atoms. The van der Waals surface area contributed by atoms with E-state index in [0.717, 1.165) is 17.7 Å². The second-order valence-corrected chi connectivity index (χ2v) is 5.83. The van der Waals surface area contributed by atoms with Crippen molar-refractivity contribution in [2.75, 3.05) is 11.9 Å². The zero-order chi connectivity index (χ0) is 18.8. The maximum atomic E-state index is 11.9.